The molecule has 5 nitrogen and oxygen atoms in total. The summed E-state index contributed by atoms with van der Waals surface area (Å²) in [5, 5.41) is 2.68. The fraction of sp³-hybridized carbons (Fsp3) is 0.167. The van der Waals surface area contributed by atoms with Gasteiger partial charge in [0, 0.05) is 31.2 Å². The standard InChI is InChI=1S/C18H17N3O2/c1-2-8-20-17(22)14-10-15(12-19-11-14)18(23)21-9-7-13-5-3-4-6-16(13)21/h2-6,10-12H,1,7-9H2,(H,20,22). The van der Waals surface area contributed by atoms with Crippen molar-refractivity contribution in [3.63, 3.8) is 0 Å². The zero-order valence-corrected chi connectivity index (χ0v) is 12.7. The van der Waals surface area contributed by atoms with Crippen LogP contribution in [-0.2, 0) is 6.42 Å². The third-order valence-corrected chi connectivity index (χ3v) is 3.79. The zero-order valence-electron chi connectivity index (χ0n) is 12.7. The molecule has 0 spiro atoms. The van der Waals surface area contributed by atoms with Crippen molar-refractivity contribution in [2.24, 2.45) is 0 Å². The quantitative estimate of drug-likeness (QED) is 0.881. The van der Waals surface area contributed by atoms with Gasteiger partial charge in [-0.3, -0.25) is 14.6 Å². The number of benzene rings is 1. The van der Waals surface area contributed by atoms with E-state index < -0.39 is 0 Å². The van der Waals surface area contributed by atoms with Crippen LogP contribution in [0.4, 0.5) is 5.69 Å². The van der Waals surface area contributed by atoms with Gasteiger partial charge in [-0.25, -0.2) is 0 Å². The number of pyridine rings is 1. The number of fused-ring (bicyclic) bond motifs is 1. The Hall–Kier alpha value is -2.95. The van der Waals surface area contributed by atoms with Crippen molar-refractivity contribution in [2.75, 3.05) is 18.0 Å². The Morgan fingerprint density at radius 3 is 2.87 bits per heavy atom. The molecule has 0 fully saturated rings. The van der Waals surface area contributed by atoms with Crippen molar-refractivity contribution in [2.45, 2.75) is 6.42 Å². The van der Waals surface area contributed by atoms with E-state index in [1.165, 1.54) is 12.4 Å². The highest BCUT2D eigenvalue weighted by atomic mass is 16.2. The van der Waals surface area contributed by atoms with Crippen molar-refractivity contribution < 1.29 is 9.59 Å². The highest BCUT2D eigenvalue weighted by Crippen LogP contribution is 2.28. The number of para-hydroxylation sites is 1. The molecule has 5 heteroatoms. The number of carbonyl (C=O) groups excluding carboxylic acids is 2. The van der Waals surface area contributed by atoms with Crippen LogP contribution in [0.1, 0.15) is 26.3 Å². The fourth-order valence-corrected chi connectivity index (χ4v) is 2.65. The van der Waals surface area contributed by atoms with Crippen molar-refractivity contribution in [1.82, 2.24) is 10.3 Å². The molecular weight excluding hydrogens is 290 g/mol. The normalized spacial score (nSPS) is 12.6. The Labute approximate surface area is 134 Å². The lowest BCUT2D eigenvalue weighted by atomic mass is 10.1. The van der Waals surface area contributed by atoms with Gasteiger partial charge in [-0.2, -0.15) is 0 Å². The molecule has 1 N–H and O–H groups in total. The first-order valence-corrected chi connectivity index (χ1v) is 7.44. The molecule has 0 unspecified atom stereocenters. The lowest BCUT2D eigenvalue weighted by molar-refractivity contribution is 0.0957. The number of hydrogen-bond acceptors (Lipinski definition) is 3. The number of aromatic nitrogens is 1. The lowest BCUT2D eigenvalue weighted by Gasteiger charge is -2.17. The van der Waals surface area contributed by atoms with Crippen LogP contribution >= 0.6 is 0 Å². The van der Waals surface area contributed by atoms with E-state index in [0.29, 0.717) is 24.2 Å². The van der Waals surface area contributed by atoms with E-state index in [2.05, 4.69) is 16.9 Å². The number of amides is 2. The van der Waals surface area contributed by atoms with E-state index in [1.807, 2.05) is 24.3 Å². The molecule has 116 valence electrons. The maximum atomic E-state index is 12.7. The van der Waals surface area contributed by atoms with Gasteiger partial charge in [0.05, 0.1) is 11.1 Å². The van der Waals surface area contributed by atoms with Crippen LogP contribution in [0.2, 0.25) is 0 Å². The Morgan fingerprint density at radius 1 is 1.26 bits per heavy atom. The molecule has 1 aromatic heterocycles. The molecule has 2 aromatic rings. The maximum Gasteiger partial charge on any atom is 0.259 e. The summed E-state index contributed by atoms with van der Waals surface area (Å²) in [6, 6.07) is 9.43. The van der Waals surface area contributed by atoms with Crippen LogP contribution in [0.15, 0.2) is 55.4 Å². The van der Waals surface area contributed by atoms with Crippen LogP contribution in [0.5, 0.6) is 0 Å². The number of hydrogen-bond donors (Lipinski definition) is 1. The summed E-state index contributed by atoms with van der Waals surface area (Å²) in [6.07, 6.45) is 5.39. The minimum absolute atomic E-state index is 0.138. The molecule has 0 aliphatic carbocycles. The number of nitrogens with zero attached hydrogens (tertiary/aromatic N) is 2. The molecule has 0 atom stereocenters. The van der Waals surface area contributed by atoms with E-state index in [-0.39, 0.29) is 11.8 Å². The van der Waals surface area contributed by atoms with Gasteiger partial charge in [-0.15, -0.1) is 6.58 Å². The molecule has 3 rings (SSSR count). The highest BCUT2D eigenvalue weighted by Gasteiger charge is 2.25. The molecule has 0 bridgehead atoms. The summed E-state index contributed by atoms with van der Waals surface area (Å²) in [6.45, 7) is 4.57. The third kappa shape index (κ3) is 2.99. The molecule has 1 aliphatic heterocycles. The lowest BCUT2D eigenvalue weighted by Crippen LogP contribution is -2.29. The molecule has 0 radical (unpaired) electrons. The summed E-state index contributed by atoms with van der Waals surface area (Å²) in [4.78, 5) is 30.5. The SMILES string of the molecule is C=CCNC(=O)c1cncc(C(=O)N2CCc3ccccc32)c1. The van der Waals surface area contributed by atoms with Crippen molar-refractivity contribution in [1.29, 1.82) is 0 Å². The summed E-state index contributed by atoms with van der Waals surface area (Å²) >= 11 is 0. The second-order valence-corrected chi connectivity index (χ2v) is 5.30. The summed E-state index contributed by atoms with van der Waals surface area (Å²) < 4.78 is 0. The van der Waals surface area contributed by atoms with Gasteiger partial charge in [-0.05, 0) is 24.1 Å². The summed E-state index contributed by atoms with van der Waals surface area (Å²) in [5.74, 6) is -0.408. The van der Waals surface area contributed by atoms with E-state index in [9.17, 15) is 9.59 Å². The van der Waals surface area contributed by atoms with Gasteiger partial charge < -0.3 is 10.2 Å². The molecule has 2 heterocycles. The highest BCUT2D eigenvalue weighted by molar-refractivity contribution is 6.08. The molecular formula is C18H17N3O2. The average Bonchev–Trinajstić information content (AvgIpc) is 3.03. The minimum atomic E-state index is -0.270. The first-order valence-electron chi connectivity index (χ1n) is 7.44. The Bertz CT molecular complexity index is 770. The van der Waals surface area contributed by atoms with Crippen LogP contribution < -0.4 is 10.2 Å². The Balaban J connectivity index is 1.84. The predicted octanol–water partition coefficient (Wildman–Crippen LogP) is 2.20. The molecule has 1 aliphatic rings. The van der Waals surface area contributed by atoms with Gasteiger partial charge in [0.2, 0.25) is 0 Å². The molecule has 0 saturated heterocycles. The first-order chi connectivity index (χ1) is 11.2. The fourth-order valence-electron chi connectivity index (χ4n) is 2.65. The van der Waals surface area contributed by atoms with Gasteiger partial charge in [0.1, 0.15) is 0 Å². The largest absolute Gasteiger partial charge is 0.349 e. The van der Waals surface area contributed by atoms with E-state index >= 15 is 0 Å². The second-order valence-electron chi connectivity index (χ2n) is 5.30. The Morgan fingerprint density at radius 2 is 2.04 bits per heavy atom. The van der Waals surface area contributed by atoms with Crippen LogP contribution in [0.3, 0.4) is 0 Å². The second kappa shape index (κ2) is 6.44. The monoisotopic (exact) mass is 307 g/mol. The number of anilines is 1. The van der Waals surface area contributed by atoms with Crippen LogP contribution in [-0.4, -0.2) is 29.9 Å². The summed E-state index contributed by atoms with van der Waals surface area (Å²) in [5.41, 5.74) is 2.87. The van der Waals surface area contributed by atoms with Crippen molar-refractivity contribution in [3.05, 3.63) is 72.1 Å². The smallest absolute Gasteiger partial charge is 0.259 e. The van der Waals surface area contributed by atoms with Gasteiger partial charge in [0.25, 0.3) is 11.8 Å². The number of carbonyl (C=O) groups is 2. The number of rotatable bonds is 4. The Kier molecular flexibility index (Phi) is 4.19. The van der Waals surface area contributed by atoms with Crippen LogP contribution in [0, 0.1) is 0 Å². The van der Waals surface area contributed by atoms with E-state index in [4.69, 9.17) is 0 Å². The molecule has 23 heavy (non-hydrogen) atoms. The third-order valence-electron chi connectivity index (χ3n) is 3.79. The summed E-state index contributed by atoms with van der Waals surface area (Å²) in [7, 11) is 0. The molecule has 0 saturated carbocycles. The van der Waals surface area contributed by atoms with Gasteiger partial charge in [0.15, 0.2) is 0 Å². The topological polar surface area (TPSA) is 62.3 Å². The van der Waals surface area contributed by atoms with Crippen molar-refractivity contribution >= 4 is 17.5 Å². The number of nitrogens with one attached hydrogen (secondary N) is 1. The van der Waals surface area contributed by atoms with Gasteiger partial charge in [-0.1, -0.05) is 24.3 Å². The van der Waals surface area contributed by atoms with Gasteiger partial charge >= 0.3 is 0 Å². The van der Waals surface area contributed by atoms with Crippen LogP contribution in [0.25, 0.3) is 0 Å². The maximum absolute atomic E-state index is 12.7. The molecule has 1 aromatic carbocycles. The van der Waals surface area contributed by atoms with E-state index in [0.717, 1.165) is 17.7 Å². The zero-order chi connectivity index (χ0) is 16.2. The van der Waals surface area contributed by atoms with Crippen molar-refractivity contribution in [3.8, 4) is 0 Å². The van der Waals surface area contributed by atoms with E-state index in [1.54, 1.807) is 17.0 Å². The predicted molar refractivity (Wildman–Crippen MR) is 88.6 cm³/mol. The minimum Gasteiger partial charge on any atom is -0.349 e. The first kappa shape index (κ1) is 15.0. The molecule has 2 amide bonds. The average molecular weight is 307 g/mol.